The third kappa shape index (κ3) is 6.45. The van der Waals surface area contributed by atoms with Gasteiger partial charge in [0.25, 0.3) is 0 Å². The molecule has 0 aromatic heterocycles. The summed E-state index contributed by atoms with van der Waals surface area (Å²) < 4.78 is 10.6. The molecule has 0 spiro atoms. The van der Waals surface area contributed by atoms with E-state index in [2.05, 4.69) is 54.5 Å². The highest BCUT2D eigenvalue weighted by molar-refractivity contribution is 5.89. The van der Waals surface area contributed by atoms with Gasteiger partial charge in [-0.1, -0.05) is 67.8 Å². The first-order valence-corrected chi connectivity index (χ1v) is 12.2. The Morgan fingerprint density at radius 3 is 1.63 bits per heavy atom. The van der Waals surface area contributed by atoms with E-state index in [1.807, 2.05) is 54.6 Å². The number of ether oxygens (including phenoxy) is 2. The summed E-state index contributed by atoms with van der Waals surface area (Å²) in [6.07, 6.45) is 0. The van der Waals surface area contributed by atoms with Crippen LogP contribution in [0.4, 0.5) is 17.1 Å². The van der Waals surface area contributed by atoms with Gasteiger partial charge in [-0.3, -0.25) is 0 Å². The third-order valence-corrected chi connectivity index (χ3v) is 5.80. The van der Waals surface area contributed by atoms with Gasteiger partial charge < -0.3 is 14.4 Å². The normalized spacial score (nSPS) is 10.4. The standard InChI is InChI=1S/C33H29NO4/c1-23(2)32(35)37-22-25-10-14-28(15-11-25)34(30-18-20-31(21-19-30)38-33(36)24(3)4)29-16-12-27(13-17-29)26-8-6-5-7-9-26/h5-21H,1,3,22H2,2,4H3. The van der Waals surface area contributed by atoms with Crippen LogP contribution in [0.3, 0.4) is 0 Å². The molecule has 0 amide bonds. The number of carbonyl (C=O) groups is 2. The number of rotatable bonds is 9. The minimum Gasteiger partial charge on any atom is -0.457 e. The number of carbonyl (C=O) groups excluding carboxylic acids is 2. The van der Waals surface area contributed by atoms with Crippen LogP contribution in [0.25, 0.3) is 11.1 Å². The van der Waals surface area contributed by atoms with Gasteiger partial charge in [0.2, 0.25) is 0 Å². The quantitative estimate of drug-likeness (QED) is 0.132. The zero-order valence-corrected chi connectivity index (χ0v) is 21.5. The summed E-state index contributed by atoms with van der Waals surface area (Å²) in [5.74, 6) is -0.438. The molecule has 0 aliphatic rings. The van der Waals surface area contributed by atoms with E-state index in [0.717, 1.165) is 33.8 Å². The van der Waals surface area contributed by atoms with Crippen molar-refractivity contribution in [2.24, 2.45) is 0 Å². The molecule has 4 rings (SSSR count). The lowest BCUT2D eigenvalue weighted by Gasteiger charge is -2.26. The van der Waals surface area contributed by atoms with Gasteiger partial charge in [0.15, 0.2) is 0 Å². The first kappa shape index (κ1) is 26.2. The monoisotopic (exact) mass is 503 g/mol. The van der Waals surface area contributed by atoms with Gasteiger partial charge in [0, 0.05) is 28.2 Å². The Morgan fingerprint density at radius 1 is 0.632 bits per heavy atom. The predicted molar refractivity (Wildman–Crippen MR) is 152 cm³/mol. The molecule has 0 aliphatic carbocycles. The molecule has 0 bridgehead atoms. The zero-order chi connectivity index (χ0) is 27.1. The predicted octanol–water partition coefficient (Wildman–Crippen LogP) is 7.92. The number of hydrogen-bond donors (Lipinski definition) is 0. The molecule has 0 N–H and O–H groups in total. The molecule has 0 aliphatic heterocycles. The fourth-order valence-electron chi connectivity index (χ4n) is 3.75. The smallest absolute Gasteiger partial charge is 0.338 e. The minimum atomic E-state index is -0.464. The molecule has 0 fully saturated rings. The van der Waals surface area contributed by atoms with Crippen LogP contribution in [0, 0.1) is 0 Å². The Balaban J connectivity index is 1.64. The summed E-state index contributed by atoms with van der Waals surface area (Å²) in [4.78, 5) is 25.8. The molecule has 0 saturated carbocycles. The highest BCUT2D eigenvalue weighted by atomic mass is 16.5. The summed E-state index contributed by atoms with van der Waals surface area (Å²) in [5.41, 5.74) is 6.58. The van der Waals surface area contributed by atoms with Crippen LogP contribution < -0.4 is 9.64 Å². The van der Waals surface area contributed by atoms with Gasteiger partial charge in [-0.2, -0.15) is 0 Å². The lowest BCUT2D eigenvalue weighted by molar-refractivity contribution is -0.140. The Labute approximate surface area is 223 Å². The largest absolute Gasteiger partial charge is 0.457 e. The van der Waals surface area contributed by atoms with Crippen molar-refractivity contribution in [2.75, 3.05) is 4.90 Å². The second-order valence-corrected chi connectivity index (χ2v) is 8.93. The molecule has 190 valence electrons. The van der Waals surface area contributed by atoms with Crippen LogP contribution in [0.1, 0.15) is 19.4 Å². The number of benzene rings is 4. The number of esters is 2. The van der Waals surface area contributed by atoms with Crippen LogP contribution in [0.5, 0.6) is 5.75 Å². The maximum atomic E-state index is 11.9. The van der Waals surface area contributed by atoms with Crippen LogP contribution in [-0.4, -0.2) is 11.9 Å². The Bertz CT molecular complexity index is 1440. The highest BCUT2D eigenvalue weighted by Crippen LogP contribution is 2.36. The second-order valence-electron chi connectivity index (χ2n) is 8.93. The van der Waals surface area contributed by atoms with Crippen molar-refractivity contribution in [1.29, 1.82) is 0 Å². The summed E-state index contributed by atoms with van der Waals surface area (Å²) in [7, 11) is 0. The Hall–Kier alpha value is -4.90. The van der Waals surface area contributed by atoms with E-state index >= 15 is 0 Å². The Kier molecular flexibility index (Phi) is 8.19. The van der Waals surface area contributed by atoms with Crippen molar-refractivity contribution < 1.29 is 19.1 Å². The van der Waals surface area contributed by atoms with Crippen molar-refractivity contribution >= 4 is 29.0 Å². The molecular formula is C33H29NO4. The van der Waals surface area contributed by atoms with E-state index in [4.69, 9.17) is 9.47 Å². The van der Waals surface area contributed by atoms with Gasteiger partial charge in [0.1, 0.15) is 12.4 Å². The lowest BCUT2D eigenvalue weighted by Crippen LogP contribution is -2.11. The van der Waals surface area contributed by atoms with Gasteiger partial charge in [-0.05, 0) is 79.1 Å². The molecular weight excluding hydrogens is 474 g/mol. The van der Waals surface area contributed by atoms with Crippen LogP contribution in [0.2, 0.25) is 0 Å². The summed E-state index contributed by atoms with van der Waals surface area (Å²) in [5, 5.41) is 0. The average molecular weight is 504 g/mol. The molecule has 5 heteroatoms. The topological polar surface area (TPSA) is 55.8 Å². The summed E-state index contributed by atoms with van der Waals surface area (Å²) >= 11 is 0. The van der Waals surface area contributed by atoms with E-state index in [-0.39, 0.29) is 6.61 Å². The summed E-state index contributed by atoms with van der Waals surface area (Å²) in [6, 6.07) is 33.6. The van der Waals surface area contributed by atoms with Crippen LogP contribution in [-0.2, 0) is 20.9 Å². The summed E-state index contributed by atoms with van der Waals surface area (Å²) in [6.45, 7) is 10.6. The lowest BCUT2D eigenvalue weighted by atomic mass is 10.0. The van der Waals surface area contributed by atoms with Crippen molar-refractivity contribution in [3.8, 4) is 16.9 Å². The van der Waals surface area contributed by atoms with Crippen molar-refractivity contribution in [1.82, 2.24) is 0 Å². The fraction of sp³-hybridized carbons (Fsp3) is 0.0909. The molecule has 5 nitrogen and oxygen atoms in total. The van der Waals surface area contributed by atoms with E-state index in [9.17, 15) is 9.59 Å². The third-order valence-electron chi connectivity index (χ3n) is 5.80. The van der Waals surface area contributed by atoms with Crippen LogP contribution >= 0.6 is 0 Å². The second kappa shape index (κ2) is 11.9. The number of nitrogens with zero attached hydrogens (tertiary/aromatic N) is 1. The van der Waals surface area contributed by atoms with E-state index < -0.39 is 11.9 Å². The maximum absolute atomic E-state index is 11.9. The van der Waals surface area contributed by atoms with Crippen molar-refractivity contribution in [3.63, 3.8) is 0 Å². The van der Waals surface area contributed by atoms with E-state index in [0.29, 0.717) is 16.9 Å². The molecule has 0 heterocycles. The van der Waals surface area contributed by atoms with Gasteiger partial charge in [0.05, 0.1) is 0 Å². The number of anilines is 3. The van der Waals surface area contributed by atoms with Crippen molar-refractivity contribution in [2.45, 2.75) is 20.5 Å². The number of hydrogen-bond acceptors (Lipinski definition) is 5. The van der Waals surface area contributed by atoms with Crippen LogP contribution in [0.15, 0.2) is 127 Å². The first-order chi connectivity index (χ1) is 18.3. The molecule has 4 aromatic rings. The van der Waals surface area contributed by atoms with Gasteiger partial charge in [-0.15, -0.1) is 0 Å². The highest BCUT2D eigenvalue weighted by Gasteiger charge is 2.14. The molecule has 4 aromatic carbocycles. The minimum absolute atomic E-state index is 0.167. The van der Waals surface area contributed by atoms with Gasteiger partial charge >= 0.3 is 11.9 Å². The fourth-order valence-corrected chi connectivity index (χ4v) is 3.75. The first-order valence-electron chi connectivity index (χ1n) is 12.2. The molecule has 0 unspecified atom stereocenters. The van der Waals surface area contributed by atoms with E-state index in [1.165, 1.54) is 0 Å². The molecule has 38 heavy (non-hydrogen) atoms. The van der Waals surface area contributed by atoms with Gasteiger partial charge in [-0.25, -0.2) is 9.59 Å². The molecule has 0 radical (unpaired) electrons. The Morgan fingerprint density at radius 2 is 1.11 bits per heavy atom. The average Bonchev–Trinajstić information content (AvgIpc) is 2.94. The molecule has 0 saturated heterocycles. The van der Waals surface area contributed by atoms with Crippen molar-refractivity contribution in [3.05, 3.63) is 133 Å². The SMILES string of the molecule is C=C(C)C(=O)OCc1ccc(N(c2ccc(OC(=O)C(=C)C)cc2)c2ccc(-c3ccccc3)cc2)cc1. The zero-order valence-electron chi connectivity index (χ0n) is 21.5. The van der Waals surface area contributed by atoms with E-state index in [1.54, 1.807) is 26.0 Å². The molecule has 0 atom stereocenters. The maximum Gasteiger partial charge on any atom is 0.338 e.